The molecule has 0 aliphatic carbocycles. The van der Waals surface area contributed by atoms with Crippen LogP contribution < -0.4 is 10.6 Å². The topological polar surface area (TPSA) is 69.8 Å². The zero-order valence-corrected chi connectivity index (χ0v) is 14.6. The lowest BCUT2D eigenvalue weighted by molar-refractivity contribution is 0.0948. The highest BCUT2D eigenvalue weighted by Crippen LogP contribution is 2.21. The number of benzene rings is 1. The number of hydrogen-bond acceptors (Lipinski definition) is 3. The van der Waals surface area contributed by atoms with E-state index in [0.717, 1.165) is 29.8 Å². The molecular formula is C15H17Cl3N4O. The zero-order chi connectivity index (χ0) is 15.5. The second kappa shape index (κ2) is 8.02. The molecule has 8 heteroatoms. The van der Waals surface area contributed by atoms with Gasteiger partial charge in [0.05, 0.1) is 0 Å². The Balaban J connectivity index is 0.00000192. The summed E-state index contributed by atoms with van der Waals surface area (Å²) in [5.41, 5.74) is 3.44. The van der Waals surface area contributed by atoms with Gasteiger partial charge in [0.15, 0.2) is 5.69 Å². The highest BCUT2D eigenvalue weighted by Gasteiger charge is 2.21. The maximum atomic E-state index is 12.2. The molecule has 0 saturated carbocycles. The lowest BCUT2D eigenvalue weighted by atomic mass is 10.1. The van der Waals surface area contributed by atoms with Crippen LogP contribution in [0.15, 0.2) is 18.2 Å². The van der Waals surface area contributed by atoms with Gasteiger partial charge in [-0.15, -0.1) is 12.4 Å². The van der Waals surface area contributed by atoms with E-state index in [4.69, 9.17) is 23.2 Å². The number of rotatable bonds is 4. The van der Waals surface area contributed by atoms with Gasteiger partial charge >= 0.3 is 0 Å². The van der Waals surface area contributed by atoms with Crippen molar-refractivity contribution in [1.29, 1.82) is 0 Å². The number of carbonyl (C=O) groups excluding carboxylic acids is 1. The van der Waals surface area contributed by atoms with Crippen LogP contribution >= 0.6 is 35.6 Å². The lowest BCUT2D eigenvalue weighted by Crippen LogP contribution is -2.29. The summed E-state index contributed by atoms with van der Waals surface area (Å²) in [5.74, 6) is -0.161. The Bertz CT molecular complexity index is 702. The van der Waals surface area contributed by atoms with Crippen molar-refractivity contribution in [3.05, 3.63) is 50.8 Å². The van der Waals surface area contributed by atoms with E-state index in [1.165, 1.54) is 0 Å². The van der Waals surface area contributed by atoms with E-state index < -0.39 is 0 Å². The van der Waals surface area contributed by atoms with Gasteiger partial charge in [0.2, 0.25) is 0 Å². The monoisotopic (exact) mass is 374 g/mol. The third-order valence-electron chi connectivity index (χ3n) is 3.72. The molecule has 0 bridgehead atoms. The Morgan fingerprint density at radius 3 is 2.96 bits per heavy atom. The minimum atomic E-state index is -0.161. The Kier molecular flexibility index (Phi) is 6.30. The number of carbonyl (C=O) groups is 1. The average molecular weight is 376 g/mol. The second-order valence-electron chi connectivity index (χ2n) is 5.20. The van der Waals surface area contributed by atoms with Crippen molar-refractivity contribution in [3.8, 4) is 0 Å². The molecule has 2 aromatic rings. The smallest absolute Gasteiger partial charge is 0.272 e. The molecule has 0 atom stereocenters. The summed E-state index contributed by atoms with van der Waals surface area (Å²) in [5, 5.41) is 14.4. The predicted octanol–water partition coefficient (Wildman–Crippen LogP) is 2.76. The Morgan fingerprint density at radius 2 is 2.17 bits per heavy atom. The first-order chi connectivity index (χ1) is 10.6. The molecule has 1 aromatic carbocycles. The fourth-order valence-corrected chi connectivity index (χ4v) is 3.03. The molecule has 3 N–H and O–H groups in total. The molecule has 0 radical (unpaired) electrons. The molecule has 23 heavy (non-hydrogen) atoms. The van der Waals surface area contributed by atoms with Crippen molar-refractivity contribution in [3.63, 3.8) is 0 Å². The first-order valence-corrected chi connectivity index (χ1v) is 7.89. The first-order valence-electron chi connectivity index (χ1n) is 7.14. The highest BCUT2D eigenvalue weighted by atomic mass is 35.5. The third-order valence-corrected chi connectivity index (χ3v) is 4.30. The van der Waals surface area contributed by atoms with Crippen molar-refractivity contribution >= 4 is 41.5 Å². The molecule has 0 spiro atoms. The molecule has 1 aliphatic heterocycles. The van der Waals surface area contributed by atoms with E-state index in [2.05, 4.69) is 20.8 Å². The summed E-state index contributed by atoms with van der Waals surface area (Å²) < 4.78 is 0. The molecule has 5 nitrogen and oxygen atoms in total. The number of hydrogen-bond donors (Lipinski definition) is 3. The van der Waals surface area contributed by atoms with E-state index in [1.807, 2.05) is 6.07 Å². The van der Waals surface area contributed by atoms with Crippen molar-refractivity contribution in [2.75, 3.05) is 13.1 Å². The summed E-state index contributed by atoms with van der Waals surface area (Å²) in [6.07, 6.45) is 1.52. The van der Waals surface area contributed by atoms with Gasteiger partial charge in [-0.1, -0.05) is 29.3 Å². The van der Waals surface area contributed by atoms with Crippen LogP contribution in [0.1, 0.15) is 27.3 Å². The molecule has 0 unspecified atom stereocenters. The number of halogens is 3. The molecular weight excluding hydrogens is 359 g/mol. The molecule has 1 amide bonds. The van der Waals surface area contributed by atoms with Crippen LogP contribution in [0.4, 0.5) is 0 Å². The van der Waals surface area contributed by atoms with Gasteiger partial charge in [0.25, 0.3) is 5.91 Å². The second-order valence-corrected chi connectivity index (χ2v) is 6.04. The number of nitrogens with one attached hydrogen (secondary N) is 3. The van der Waals surface area contributed by atoms with Gasteiger partial charge in [-0.05, 0) is 24.1 Å². The fourth-order valence-electron chi connectivity index (χ4n) is 2.53. The van der Waals surface area contributed by atoms with E-state index in [9.17, 15) is 4.79 Å². The van der Waals surface area contributed by atoms with Crippen molar-refractivity contribution in [1.82, 2.24) is 20.8 Å². The first kappa shape index (κ1) is 18.1. The van der Waals surface area contributed by atoms with Crippen molar-refractivity contribution in [2.45, 2.75) is 19.4 Å². The predicted molar refractivity (Wildman–Crippen MR) is 93.7 cm³/mol. The minimum Gasteiger partial charge on any atom is -0.350 e. The third kappa shape index (κ3) is 4.18. The van der Waals surface area contributed by atoms with E-state index >= 15 is 0 Å². The Hall–Kier alpha value is -1.27. The number of fused-ring (bicyclic) bond motifs is 1. The fraction of sp³-hybridized carbons (Fsp3) is 0.333. The van der Waals surface area contributed by atoms with E-state index in [-0.39, 0.29) is 18.3 Å². The SMILES string of the molecule is Cl.O=C(NCCc1ccc(Cl)cc1Cl)c1n[nH]c2c1CNCC2. The number of nitrogens with zero attached hydrogens (tertiary/aromatic N) is 1. The van der Waals surface area contributed by atoms with Crippen molar-refractivity contribution in [2.24, 2.45) is 0 Å². The normalized spacial score (nSPS) is 13.1. The largest absolute Gasteiger partial charge is 0.350 e. The summed E-state index contributed by atoms with van der Waals surface area (Å²) in [6, 6.07) is 5.37. The minimum absolute atomic E-state index is 0. The molecule has 1 aromatic heterocycles. The summed E-state index contributed by atoms with van der Waals surface area (Å²) in [4.78, 5) is 12.2. The van der Waals surface area contributed by atoms with Gasteiger partial charge in [-0.2, -0.15) is 5.10 Å². The highest BCUT2D eigenvalue weighted by molar-refractivity contribution is 6.35. The van der Waals surface area contributed by atoms with Gasteiger partial charge in [-0.25, -0.2) is 0 Å². The van der Waals surface area contributed by atoms with Crippen LogP contribution in [0.5, 0.6) is 0 Å². The van der Waals surface area contributed by atoms with Gasteiger partial charge in [0, 0.05) is 47.4 Å². The standard InChI is InChI=1S/C15H16Cl2N4O.ClH/c16-10-2-1-9(12(17)7-10)3-6-19-15(22)14-11-8-18-5-4-13(11)20-21-14;/h1-2,7,18H,3-6,8H2,(H,19,22)(H,20,21);1H. The summed E-state index contributed by atoms with van der Waals surface area (Å²) >= 11 is 12.0. The maximum absolute atomic E-state index is 12.2. The van der Waals surface area contributed by atoms with Crippen LogP contribution in [-0.4, -0.2) is 29.2 Å². The quantitative estimate of drug-likeness (QED) is 0.769. The Morgan fingerprint density at radius 1 is 1.35 bits per heavy atom. The molecule has 2 heterocycles. The van der Waals surface area contributed by atoms with E-state index in [1.54, 1.807) is 12.1 Å². The van der Waals surface area contributed by atoms with E-state index in [0.29, 0.717) is 35.2 Å². The zero-order valence-electron chi connectivity index (χ0n) is 12.3. The van der Waals surface area contributed by atoms with Gasteiger partial charge in [0.1, 0.15) is 0 Å². The van der Waals surface area contributed by atoms with Crippen LogP contribution in [-0.2, 0) is 19.4 Å². The molecule has 0 fully saturated rings. The average Bonchev–Trinajstić information content (AvgIpc) is 2.93. The van der Waals surface area contributed by atoms with Crippen LogP contribution in [0, 0.1) is 0 Å². The summed E-state index contributed by atoms with van der Waals surface area (Å²) in [6.45, 7) is 2.08. The van der Waals surface area contributed by atoms with Crippen LogP contribution in [0.25, 0.3) is 0 Å². The lowest BCUT2D eigenvalue weighted by Gasteiger charge is -2.13. The number of H-pyrrole nitrogens is 1. The Labute approximate surface area is 150 Å². The van der Waals surface area contributed by atoms with Gasteiger partial charge in [-0.3, -0.25) is 9.89 Å². The molecule has 3 rings (SSSR count). The molecule has 0 saturated heterocycles. The summed E-state index contributed by atoms with van der Waals surface area (Å²) in [7, 11) is 0. The van der Waals surface area contributed by atoms with Crippen LogP contribution in [0.2, 0.25) is 10.0 Å². The molecule has 124 valence electrons. The maximum Gasteiger partial charge on any atom is 0.272 e. The number of aromatic amines is 1. The number of amides is 1. The molecule has 1 aliphatic rings. The van der Waals surface area contributed by atoms with Crippen LogP contribution in [0.3, 0.4) is 0 Å². The van der Waals surface area contributed by atoms with Crippen molar-refractivity contribution < 1.29 is 4.79 Å². The van der Waals surface area contributed by atoms with Gasteiger partial charge < -0.3 is 10.6 Å². The number of aromatic nitrogens is 2.